The van der Waals surface area contributed by atoms with Crippen LogP contribution in [-0.2, 0) is 26.9 Å². The Hall–Kier alpha value is -1.67. The van der Waals surface area contributed by atoms with Crippen LogP contribution in [0.15, 0.2) is 47.2 Å². The molecule has 0 radical (unpaired) electrons. The molecule has 0 saturated heterocycles. The SMILES string of the molecule is O=C(CS(=O)(=O)Cc1cccc(Br)c1)NCCCn1cccn1. The number of hydrogen-bond donors (Lipinski definition) is 1. The number of rotatable bonds is 8. The van der Waals surface area contributed by atoms with Gasteiger partial charge in [-0.1, -0.05) is 28.1 Å². The molecule has 1 aromatic carbocycles. The predicted octanol–water partition coefficient (Wildman–Crippen LogP) is 1.77. The Bertz CT molecular complexity index is 745. The zero-order valence-corrected chi connectivity index (χ0v) is 14.9. The van der Waals surface area contributed by atoms with Crippen molar-refractivity contribution in [3.8, 4) is 0 Å². The smallest absolute Gasteiger partial charge is 0.235 e. The van der Waals surface area contributed by atoms with Gasteiger partial charge in [0.2, 0.25) is 5.91 Å². The van der Waals surface area contributed by atoms with Crippen molar-refractivity contribution in [3.63, 3.8) is 0 Å². The minimum Gasteiger partial charge on any atom is -0.355 e. The zero-order valence-electron chi connectivity index (χ0n) is 12.5. The highest BCUT2D eigenvalue weighted by atomic mass is 79.9. The van der Waals surface area contributed by atoms with E-state index in [1.165, 1.54) is 0 Å². The molecule has 8 heteroatoms. The van der Waals surface area contributed by atoms with Gasteiger partial charge in [0.05, 0.1) is 5.75 Å². The third-order valence-electron chi connectivity index (χ3n) is 3.07. The number of nitrogens with zero attached hydrogens (tertiary/aromatic N) is 2. The lowest BCUT2D eigenvalue weighted by molar-refractivity contribution is -0.118. The third-order valence-corrected chi connectivity index (χ3v) is 5.04. The Morgan fingerprint density at radius 2 is 2.13 bits per heavy atom. The van der Waals surface area contributed by atoms with E-state index in [0.29, 0.717) is 25.1 Å². The Morgan fingerprint density at radius 3 is 2.83 bits per heavy atom. The second-order valence-corrected chi connectivity index (χ2v) is 8.11. The molecule has 1 heterocycles. The summed E-state index contributed by atoms with van der Waals surface area (Å²) >= 11 is 3.30. The topological polar surface area (TPSA) is 81.1 Å². The Morgan fingerprint density at radius 1 is 1.30 bits per heavy atom. The average molecular weight is 400 g/mol. The van der Waals surface area contributed by atoms with Crippen molar-refractivity contribution in [1.82, 2.24) is 15.1 Å². The second-order valence-electron chi connectivity index (χ2n) is 5.13. The van der Waals surface area contributed by atoms with Gasteiger partial charge in [-0.15, -0.1) is 0 Å². The van der Waals surface area contributed by atoms with Gasteiger partial charge in [0.15, 0.2) is 9.84 Å². The van der Waals surface area contributed by atoms with Crippen molar-refractivity contribution < 1.29 is 13.2 Å². The molecule has 0 spiro atoms. The van der Waals surface area contributed by atoms with Gasteiger partial charge >= 0.3 is 0 Å². The maximum absolute atomic E-state index is 12.1. The molecule has 0 fully saturated rings. The van der Waals surface area contributed by atoms with Crippen LogP contribution in [0.4, 0.5) is 0 Å². The summed E-state index contributed by atoms with van der Waals surface area (Å²) in [5.74, 6) is -1.12. The minimum absolute atomic E-state index is 0.146. The van der Waals surface area contributed by atoms with Gasteiger partial charge in [0.25, 0.3) is 0 Å². The molecule has 124 valence electrons. The lowest BCUT2D eigenvalue weighted by Crippen LogP contribution is -2.32. The van der Waals surface area contributed by atoms with Gasteiger partial charge in [0.1, 0.15) is 5.75 Å². The number of aromatic nitrogens is 2. The van der Waals surface area contributed by atoms with Crippen molar-refractivity contribution in [2.75, 3.05) is 12.3 Å². The average Bonchev–Trinajstić information content (AvgIpc) is 2.95. The predicted molar refractivity (Wildman–Crippen MR) is 91.5 cm³/mol. The van der Waals surface area contributed by atoms with E-state index in [-0.39, 0.29) is 5.75 Å². The van der Waals surface area contributed by atoms with E-state index in [1.54, 1.807) is 29.1 Å². The number of carbonyl (C=O) groups is 1. The highest BCUT2D eigenvalue weighted by Gasteiger charge is 2.17. The number of benzene rings is 1. The number of aryl methyl sites for hydroxylation is 1. The van der Waals surface area contributed by atoms with E-state index in [4.69, 9.17) is 0 Å². The van der Waals surface area contributed by atoms with E-state index in [2.05, 4.69) is 26.3 Å². The van der Waals surface area contributed by atoms with Gasteiger partial charge < -0.3 is 5.32 Å². The quantitative estimate of drug-likeness (QED) is 0.685. The molecule has 6 nitrogen and oxygen atoms in total. The van der Waals surface area contributed by atoms with E-state index in [0.717, 1.165) is 4.47 Å². The lowest BCUT2D eigenvalue weighted by atomic mass is 10.2. The number of hydrogen-bond acceptors (Lipinski definition) is 4. The van der Waals surface area contributed by atoms with Crippen LogP contribution in [0.1, 0.15) is 12.0 Å². The number of carbonyl (C=O) groups excluding carboxylic acids is 1. The van der Waals surface area contributed by atoms with E-state index in [9.17, 15) is 13.2 Å². The lowest BCUT2D eigenvalue weighted by Gasteiger charge is -2.07. The van der Waals surface area contributed by atoms with Gasteiger partial charge in [-0.05, 0) is 30.2 Å². The van der Waals surface area contributed by atoms with Crippen LogP contribution in [0.25, 0.3) is 0 Å². The van der Waals surface area contributed by atoms with Crippen LogP contribution in [0.2, 0.25) is 0 Å². The summed E-state index contributed by atoms with van der Waals surface area (Å²) in [6.45, 7) is 1.10. The summed E-state index contributed by atoms with van der Waals surface area (Å²) in [5.41, 5.74) is 0.658. The molecule has 0 aliphatic carbocycles. The summed E-state index contributed by atoms with van der Waals surface area (Å²) in [4.78, 5) is 11.8. The van der Waals surface area contributed by atoms with E-state index < -0.39 is 21.5 Å². The standard InChI is InChI=1S/C15H18BrN3O3S/c16-14-5-1-4-13(10-14)11-23(21,22)12-15(20)17-6-2-8-19-9-3-7-18-19/h1,3-5,7,9-10H,2,6,8,11-12H2,(H,17,20). The minimum atomic E-state index is -3.48. The second kappa shape index (κ2) is 8.26. The molecule has 0 saturated carbocycles. The molecule has 0 unspecified atom stereocenters. The molecule has 1 aromatic heterocycles. The first kappa shape index (κ1) is 17.7. The monoisotopic (exact) mass is 399 g/mol. The fourth-order valence-electron chi connectivity index (χ4n) is 2.08. The summed E-state index contributed by atoms with van der Waals surface area (Å²) in [6.07, 6.45) is 4.22. The first-order valence-corrected chi connectivity index (χ1v) is 9.75. The normalized spacial score (nSPS) is 11.3. The maximum atomic E-state index is 12.1. The van der Waals surface area contributed by atoms with Crippen LogP contribution >= 0.6 is 15.9 Å². The van der Waals surface area contributed by atoms with Gasteiger partial charge in [0, 0.05) is 30.0 Å². The largest absolute Gasteiger partial charge is 0.355 e. The molecule has 0 bridgehead atoms. The molecule has 0 aliphatic rings. The molecule has 1 N–H and O–H groups in total. The summed E-state index contributed by atoms with van der Waals surface area (Å²) in [6, 6.07) is 8.88. The fraction of sp³-hybridized carbons (Fsp3) is 0.333. The number of halogens is 1. The van der Waals surface area contributed by atoms with Gasteiger partial charge in [-0.2, -0.15) is 5.10 Å². The van der Waals surface area contributed by atoms with E-state index >= 15 is 0 Å². The van der Waals surface area contributed by atoms with Gasteiger partial charge in [-0.25, -0.2) is 8.42 Å². The van der Waals surface area contributed by atoms with Crippen LogP contribution in [-0.4, -0.2) is 36.4 Å². The van der Waals surface area contributed by atoms with Crippen molar-refractivity contribution in [3.05, 3.63) is 52.8 Å². The van der Waals surface area contributed by atoms with Crippen molar-refractivity contribution in [2.45, 2.75) is 18.7 Å². The summed E-state index contributed by atoms with van der Waals surface area (Å²) < 4.78 is 26.7. The van der Waals surface area contributed by atoms with Crippen molar-refractivity contribution in [2.24, 2.45) is 0 Å². The number of nitrogens with one attached hydrogen (secondary N) is 1. The van der Waals surface area contributed by atoms with Crippen LogP contribution in [0, 0.1) is 0 Å². The maximum Gasteiger partial charge on any atom is 0.235 e. The molecule has 2 rings (SSSR count). The number of amides is 1. The van der Waals surface area contributed by atoms with Gasteiger partial charge in [-0.3, -0.25) is 9.48 Å². The van der Waals surface area contributed by atoms with Crippen molar-refractivity contribution >= 4 is 31.7 Å². The Labute approximate surface area is 143 Å². The van der Waals surface area contributed by atoms with Crippen LogP contribution in [0.5, 0.6) is 0 Å². The zero-order chi connectivity index (χ0) is 16.7. The Kier molecular flexibility index (Phi) is 6.35. The van der Waals surface area contributed by atoms with Crippen molar-refractivity contribution in [1.29, 1.82) is 0 Å². The number of sulfone groups is 1. The molecular formula is C15H18BrN3O3S. The summed E-state index contributed by atoms with van der Waals surface area (Å²) in [5, 5.41) is 6.68. The third kappa shape index (κ3) is 6.54. The highest BCUT2D eigenvalue weighted by Crippen LogP contribution is 2.14. The first-order chi connectivity index (χ1) is 10.9. The summed E-state index contributed by atoms with van der Waals surface area (Å²) in [7, 11) is -3.48. The molecule has 2 aromatic rings. The Balaban J connectivity index is 1.74. The molecular weight excluding hydrogens is 382 g/mol. The molecule has 0 atom stereocenters. The molecule has 1 amide bonds. The first-order valence-electron chi connectivity index (χ1n) is 7.14. The fourth-order valence-corrected chi connectivity index (χ4v) is 3.82. The highest BCUT2D eigenvalue weighted by molar-refractivity contribution is 9.10. The van der Waals surface area contributed by atoms with E-state index in [1.807, 2.05) is 18.3 Å². The van der Waals surface area contributed by atoms with Crippen LogP contribution in [0.3, 0.4) is 0 Å². The molecule has 23 heavy (non-hydrogen) atoms. The molecule has 0 aliphatic heterocycles. The van der Waals surface area contributed by atoms with Crippen LogP contribution < -0.4 is 5.32 Å².